The predicted molar refractivity (Wildman–Crippen MR) is 110 cm³/mol. The van der Waals surface area contributed by atoms with Gasteiger partial charge in [-0.1, -0.05) is 30.3 Å². The second-order valence-corrected chi connectivity index (χ2v) is 8.20. The van der Waals surface area contributed by atoms with Gasteiger partial charge >= 0.3 is 18.0 Å². The Kier molecular flexibility index (Phi) is 9.15. The van der Waals surface area contributed by atoms with E-state index in [2.05, 4.69) is 10.1 Å². The molecule has 1 amide bonds. The first-order chi connectivity index (χ1) is 16.3. The Morgan fingerprint density at radius 1 is 0.886 bits per heavy atom. The fraction of sp³-hybridized carbons (Fsp3) is 0.348. The third-order valence-corrected chi connectivity index (χ3v) is 4.22. The summed E-state index contributed by atoms with van der Waals surface area (Å²) in [6.07, 6.45) is -2.29. The lowest BCUT2D eigenvalue weighted by Gasteiger charge is -2.24. The normalized spacial score (nSPS) is 12.0. The molecule has 0 heterocycles. The van der Waals surface area contributed by atoms with Gasteiger partial charge < -0.3 is 19.5 Å². The van der Waals surface area contributed by atoms with Crippen molar-refractivity contribution in [3.05, 3.63) is 65.0 Å². The van der Waals surface area contributed by atoms with Crippen molar-refractivity contribution in [2.24, 2.45) is 0 Å². The lowest BCUT2D eigenvalue weighted by Crippen LogP contribution is -2.44. The average Bonchev–Trinajstić information content (AvgIpc) is 2.80. The lowest BCUT2D eigenvalue weighted by atomic mass is 10.1. The zero-order valence-electron chi connectivity index (χ0n) is 18.9. The molecule has 2 aromatic rings. The molecule has 12 heteroatoms. The minimum absolute atomic E-state index is 0.129. The van der Waals surface area contributed by atoms with Crippen molar-refractivity contribution in [1.29, 1.82) is 0 Å². The van der Waals surface area contributed by atoms with Gasteiger partial charge in [-0.05, 0) is 32.8 Å². The molecule has 0 saturated carbocycles. The molecule has 0 unspecified atom stereocenters. The molecule has 1 N–H and O–H groups in total. The van der Waals surface area contributed by atoms with Crippen LogP contribution in [0, 0.1) is 29.1 Å². The molecule has 0 aliphatic carbocycles. The molecule has 0 spiro atoms. The molecule has 0 aliphatic rings. The van der Waals surface area contributed by atoms with Crippen LogP contribution in [0.2, 0.25) is 0 Å². The van der Waals surface area contributed by atoms with Crippen molar-refractivity contribution >= 4 is 18.0 Å². The van der Waals surface area contributed by atoms with E-state index >= 15 is 0 Å². The van der Waals surface area contributed by atoms with E-state index in [9.17, 15) is 36.3 Å². The van der Waals surface area contributed by atoms with Crippen LogP contribution in [0.3, 0.4) is 0 Å². The van der Waals surface area contributed by atoms with Crippen molar-refractivity contribution in [2.45, 2.75) is 51.9 Å². The van der Waals surface area contributed by atoms with Gasteiger partial charge in [-0.2, -0.15) is 8.78 Å². The highest BCUT2D eigenvalue weighted by Gasteiger charge is 2.31. The second kappa shape index (κ2) is 11.6. The SMILES string of the molecule is CC(C)(C)OC(=O)[C@H](CCC(=O)Oc1c(F)c(F)c(F)c(F)c1F)NC(=O)OCc1ccccc1. The zero-order chi connectivity index (χ0) is 26.3. The Bertz CT molecular complexity index is 1060. The van der Waals surface area contributed by atoms with Crippen LogP contribution in [0.5, 0.6) is 5.75 Å². The number of halogens is 5. The largest absolute Gasteiger partial charge is 0.458 e. The highest BCUT2D eigenvalue weighted by atomic mass is 19.2. The van der Waals surface area contributed by atoms with Gasteiger partial charge in [0.25, 0.3) is 0 Å². The van der Waals surface area contributed by atoms with Crippen LogP contribution < -0.4 is 10.1 Å². The summed E-state index contributed by atoms with van der Waals surface area (Å²) in [6, 6.07) is 7.11. The molecule has 0 bridgehead atoms. The topological polar surface area (TPSA) is 90.9 Å². The van der Waals surface area contributed by atoms with Gasteiger partial charge in [-0.15, -0.1) is 0 Å². The van der Waals surface area contributed by atoms with Crippen molar-refractivity contribution in [3.63, 3.8) is 0 Å². The van der Waals surface area contributed by atoms with Gasteiger partial charge in [0.1, 0.15) is 18.2 Å². The standard InChI is InChI=1S/C23H22F5NO6/c1-23(2,3)35-21(31)13(29-22(32)33-11-12-7-5-4-6-8-12)9-10-14(30)34-20-18(27)16(25)15(24)17(26)19(20)28/h4-8,13H,9-11H2,1-3H3,(H,29,32)/t13-/m0/s1. The van der Waals surface area contributed by atoms with Gasteiger partial charge in [-0.3, -0.25) is 4.79 Å². The van der Waals surface area contributed by atoms with E-state index in [0.29, 0.717) is 5.56 Å². The van der Waals surface area contributed by atoms with E-state index < -0.39 is 77.4 Å². The summed E-state index contributed by atoms with van der Waals surface area (Å²) in [6.45, 7) is 4.52. The van der Waals surface area contributed by atoms with Crippen molar-refractivity contribution in [1.82, 2.24) is 5.32 Å². The van der Waals surface area contributed by atoms with Crippen LogP contribution >= 0.6 is 0 Å². The molecule has 0 fully saturated rings. The fourth-order valence-corrected chi connectivity index (χ4v) is 2.63. The maximum Gasteiger partial charge on any atom is 0.408 e. The van der Waals surface area contributed by atoms with Gasteiger partial charge in [0.15, 0.2) is 0 Å². The number of ether oxygens (including phenoxy) is 3. The average molecular weight is 503 g/mol. The van der Waals surface area contributed by atoms with Crippen LogP contribution in [0.4, 0.5) is 26.7 Å². The maximum atomic E-state index is 13.7. The molecule has 2 rings (SSSR count). The third-order valence-electron chi connectivity index (χ3n) is 4.22. The van der Waals surface area contributed by atoms with Crippen LogP contribution in [0.15, 0.2) is 30.3 Å². The maximum absolute atomic E-state index is 13.7. The van der Waals surface area contributed by atoms with E-state index in [-0.39, 0.29) is 6.61 Å². The molecule has 0 radical (unpaired) electrons. The number of carbonyl (C=O) groups excluding carboxylic acids is 3. The van der Waals surface area contributed by atoms with Crippen molar-refractivity contribution in [3.8, 4) is 5.75 Å². The van der Waals surface area contributed by atoms with Gasteiger partial charge in [-0.25, -0.2) is 22.8 Å². The molecule has 7 nitrogen and oxygen atoms in total. The Morgan fingerprint density at radius 2 is 1.43 bits per heavy atom. The van der Waals surface area contributed by atoms with E-state index in [4.69, 9.17) is 9.47 Å². The summed E-state index contributed by atoms with van der Waals surface area (Å²) in [7, 11) is 0. The van der Waals surface area contributed by atoms with Gasteiger partial charge in [0.2, 0.25) is 34.8 Å². The Labute approximate surface area is 197 Å². The number of rotatable bonds is 8. The molecule has 190 valence electrons. The van der Waals surface area contributed by atoms with Crippen LogP contribution in [-0.2, 0) is 25.7 Å². The zero-order valence-corrected chi connectivity index (χ0v) is 18.9. The fourth-order valence-electron chi connectivity index (χ4n) is 2.63. The first-order valence-corrected chi connectivity index (χ1v) is 10.2. The number of alkyl carbamates (subject to hydrolysis) is 1. The number of nitrogens with one attached hydrogen (secondary N) is 1. The second-order valence-electron chi connectivity index (χ2n) is 8.20. The van der Waals surface area contributed by atoms with Crippen molar-refractivity contribution < 1.29 is 50.5 Å². The number of benzene rings is 2. The highest BCUT2D eigenvalue weighted by molar-refractivity contribution is 5.82. The van der Waals surface area contributed by atoms with Crippen LogP contribution in [0.1, 0.15) is 39.2 Å². The highest BCUT2D eigenvalue weighted by Crippen LogP contribution is 2.29. The molecule has 35 heavy (non-hydrogen) atoms. The molecule has 0 aliphatic heterocycles. The minimum Gasteiger partial charge on any atom is -0.458 e. The Hall–Kier alpha value is -3.70. The van der Waals surface area contributed by atoms with Crippen LogP contribution in [-0.4, -0.2) is 29.7 Å². The molecule has 2 aromatic carbocycles. The number of amides is 1. The Morgan fingerprint density at radius 3 is 1.97 bits per heavy atom. The number of hydrogen-bond acceptors (Lipinski definition) is 6. The lowest BCUT2D eigenvalue weighted by molar-refractivity contribution is -0.157. The molecule has 1 atom stereocenters. The summed E-state index contributed by atoms with van der Waals surface area (Å²) < 4.78 is 81.7. The summed E-state index contributed by atoms with van der Waals surface area (Å²) in [4.78, 5) is 36.7. The number of esters is 2. The summed E-state index contributed by atoms with van der Waals surface area (Å²) in [5.41, 5.74) is -0.316. The Balaban J connectivity index is 2.07. The molecule has 0 aromatic heterocycles. The first kappa shape index (κ1) is 27.5. The molecular weight excluding hydrogens is 481 g/mol. The summed E-state index contributed by atoms with van der Waals surface area (Å²) in [5, 5.41) is 2.22. The molecule has 0 saturated heterocycles. The number of hydrogen-bond donors (Lipinski definition) is 1. The van der Waals surface area contributed by atoms with Gasteiger partial charge in [0, 0.05) is 6.42 Å². The van der Waals surface area contributed by atoms with Gasteiger partial charge in [0.05, 0.1) is 0 Å². The van der Waals surface area contributed by atoms with Crippen LogP contribution in [0.25, 0.3) is 0 Å². The van der Waals surface area contributed by atoms with E-state index in [1.165, 1.54) is 0 Å². The van der Waals surface area contributed by atoms with E-state index in [1.807, 2.05) is 0 Å². The van der Waals surface area contributed by atoms with Crippen molar-refractivity contribution in [2.75, 3.05) is 0 Å². The monoisotopic (exact) mass is 503 g/mol. The minimum atomic E-state index is -2.41. The third kappa shape index (κ3) is 7.94. The summed E-state index contributed by atoms with van der Waals surface area (Å²) in [5.74, 6) is -15.8. The smallest absolute Gasteiger partial charge is 0.408 e. The van der Waals surface area contributed by atoms with E-state index in [1.54, 1.807) is 51.1 Å². The predicted octanol–water partition coefficient (Wildman–Crippen LogP) is 4.70. The summed E-state index contributed by atoms with van der Waals surface area (Å²) >= 11 is 0. The molecular formula is C23H22F5NO6. The first-order valence-electron chi connectivity index (χ1n) is 10.2. The quantitative estimate of drug-likeness (QED) is 0.185. The number of carbonyl (C=O) groups is 3. The van der Waals surface area contributed by atoms with E-state index in [0.717, 1.165) is 0 Å².